The van der Waals surface area contributed by atoms with Gasteiger partial charge in [0.2, 0.25) is 0 Å². The van der Waals surface area contributed by atoms with Crippen LogP contribution >= 0.6 is 11.6 Å². The SMILES string of the molecule is C[C@@H](N)c1ccc(OCc2ccc(C#N)cc2Cl)c(F)c1. The highest BCUT2D eigenvalue weighted by atomic mass is 35.5. The van der Waals surface area contributed by atoms with Crippen LogP contribution in [-0.4, -0.2) is 0 Å². The van der Waals surface area contributed by atoms with Gasteiger partial charge in [-0.3, -0.25) is 0 Å². The van der Waals surface area contributed by atoms with E-state index in [2.05, 4.69) is 0 Å². The van der Waals surface area contributed by atoms with E-state index in [1.807, 2.05) is 6.07 Å². The fraction of sp³-hybridized carbons (Fsp3) is 0.188. The lowest BCUT2D eigenvalue weighted by Crippen LogP contribution is -2.06. The van der Waals surface area contributed by atoms with E-state index in [1.54, 1.807) is 37.3 Å². The minimum atomic E-state index is -0.463. The van der Waals surface area contributed by atoms with Crippen molar-refractivity contribution in [2.45, 2.75) is 19.6 Å². The first-order valence-electron chi connectivity index (χ1n) is 6.37. The van der Waals surface area contributed by atoms with E-state index in [0.29, 0.717) is 21.7 Å². The summed E-state index contributed by atoms with van der Waals surface area (Å²) in [7, 11) is 0. The van der Waals surface area contributed by atoms with Crippen molar-refractivity contribution >= 4 is 11.6 Å². The quantitative estimate of drug-likeness (QED) is 0.930. The average Bonchev–Trinajstić information content (AvgIpc) is 2.46. The highest BCUT2D eigenvalue weighted by Crippen LogP contribution is 2.24. The standard InChI is InChI=1S/C16H14ClFN2O/c1-10(20)12-4-5-16(15(18)7-12)21-9-13-3-2-11(8-19)6-14(13)17/h2-7,10H,9,20H2,1H3/t10-/m1/s1. The second kappa shape index (κ2) is 6.57. The Kier molecular flexibility index (Phi) is 4.79. The summed E-state index contributed by atoms with van der Waals surface area (Å²) < 4.78 is 19.3. The Bertz CT molecular complexity index is 695. The van der Waals surface area contributed by atoms with Gasteiger partial charge in [-0.05, 0) is 36.8 Å². The molecule has 2 aromatic carbocycles. The van der Waals surface area contributed by atoms with Crippen LogP contribution in [0.2, 0.25) is 5.02 Å². The van der Waals surface area contributed by atoms with Crippen LogP contribution in [0.15, 0.2) is 36.4 Å². The first-order valence-corrected chi connectivity index (χ1v) is 6.75. The predicted molar refractivity (Wildman–Crippen MR) is 79.5 cm³/mol. The summed E-state index contributed by atoms with van der Waals surface area (Å²) in [4.78, 5) is 0. The van der Waals surface area contributed by atoms with E-state index in [-0.39, 0.29) is 18.4 Å². The lowest BCUT2D eigenvalue weighted by molar-refractivity contribution is 0.290. The third kappa shape index (κ3) is 3.72. The maximum atomic E-state index is 13.9. The smallest absolute Gasteiger partial charge is 0.165 e. The summed E-state index contributed by atoms with van der Waals surface area (Å²) in [5, 5.41) is 9.19. The topological polar surface area (TPSA) is 59.0 Å². The first kappa shape index (κ1) is 15.3. The largest absolute Gasteiger partial charge is 0.486 e. The molecule has 0 fully saturated rings. The molecule has 108 valence electrons. The molecule has 0 saturated heterocycles. The molecule has 0 aliphatic heterocycles. The number of ether oxygens (including phenoxy) is 1. The summed E-state index contributed by atoms with van der Waals surface area (Å²) >= 11 is 6.04. The van der Waals surface area contributed by atoms with Crippen molar-refractivity contribution in [1.82, 2.24) is 0 Å². The molecule has 2 aromatic rings. The molecule has 0 aliphatic rings. The Labute approximate surface area is 127 Å². The third-order valence-electron chi connectivity index (χ3n) is 3.05. The molecule has 0 heterocycles. The van der Waals surface area contributed by atoms with Crippen LogP contribution in [0.3, 0.4) is 0 Å². The maximum Gasteiger partial charge on any atom is 0.165 e. The Morgan fingerprint density at radius 2 is 2.10 bits per heavy atom. The minimum Gasteiger partial charge on any atom is -0.486 e. The summed E-state index contributed by atoms with van der Waals surface area (Å²) in [6.45, 7) is 1.91. The lowest BCUT2D eigenvalue weighted by atomic mass is 10.1. The molecule has 0 radical (unpaired) electrons. The molecule has 3 nitrogen and oxygen atoms in total. The molecular formula is C16H14ClFN2O. The van der Waals surface area contributed by atoms with Crippen LogP contribution in [0, 0.1) is 17.1 Å². The van der Waals surface area contributed by atoms with E-state index in [4.69, 9.17) is 27.3 Å². The van der Waals surface area contributed by atoms with Gasteiger partial charge >= 0.3 is 0 Å². The predicted octanol–water partition coefficient (Wildman–Crippen LogP) is 3.95. The summed E-state index contributed by atoms with van der Waals surface area (Å²) in [6, 6.07) is 11.3. The van der Waals surface area contributed by atoms with E-state index < -0.39 is 5.82 Å². The van der Waals surface area contributed by atoms with Gasteiger partial charge in [0.1, 0.15) is 6.61 Å². The number of nitrogens with two attached hydrogens (primary N) is 1. The van der Waals surface area contributed by atoms with E-state index in [1.165, 1.54) is 6.07 Å². The molecule has 0 aliphatic carbocycles. The summed E-state index contributed by atoms with van der Waals surface area (Å²) in [5.74, 6) is -0.325. The van der Waals surface area contributed by atoms with Gasteiger partial charge in [0, 0.05) is 16.6 Å². The molecule has 0 bridgehead atoms. The molecule has 21 heavy (non-hydrogen) atoms. The maximum absolute atomic E-state index is 13.9. The van der Waals surface area contributed by atoms with Gasteiger partial charge in [0.25, 0.3) is 0 Å². The fourth-order valence-corrected chi connectivity index (χ4v) is 2.04. The van der Waals surface area contributed by atoms with Crippen molar-refractivity contribution in [3.05, 3.63) is 63.9 Å². The van der Waals surface area contributed by atoms with E-state index in [0.717, 1.165) is 0 Å². The van der Waals surface area contributed by atoms with Gasteiger partial charge in [0.05, 0.1) is 11.6 Å². The van der Waals surface area contributed by atoms with Crippen molar-refractivity contribution in [2.24, 2.45) is 5.73 Å². The number of hydrogen-bond acceptors (Lipinski definition) is 3. The van der Waals surface area contributed by atoms with Crippen LogP contribution in [0.4, 0.5) is 4.39 Å². The normalized spacial score (nSPS) is 11.8. The Balaban J connectivity index is 2.12. The molecular weight excluding hydrogens is 291 g/mol. The number of halogens is 2. The average molecular weight is 305 g/mol. The fourth-order valence-electron chi connectivity index (χ4n) is 1.81. The van der Waals surface area contributed by atoms with Gasteiger partial charge in [-0.2, -0.15) is 5.26 Å². The minimum absolute atomic E-state index is 0.124. The van der Waals surface area contributed by atoms with Crippen molar-refractivity contribution in [3.63, 3.8) is 0 Å². The highest BCUT2D eigenvalue weighted by molar-refractivity contribution is 6.31. The van der Waals surface area contributed by atoms with Gasteiger partial charge in [-0.25, -0.2) is 4.39 Å². The molecule has 0 saturated carbocycles. The first-order chi connectivity index (χ1) is 10.0. The molecule has 0 aromatic heterocycles. The van der Waals surface area contributed by atoms with Gasteiger partial charge in [-0.1, -0.05) is 23.7 Å². The summed E-state index contributed by atoms with van der Waals surface area (Å²) in [5.41, 5.74) is 7.55. The third-order valence-corrected chi connectivity index (χ3v) is 3.40. The monoisotopic (exact) mass is 304 g/mol. The highest BCUT2D eigenvalue weighted by Gasteiger charge is 2.09. The van der Waals surface area contributed by atoms with Gasteiger partial charge in [-0.15, -0.1) is 0 Å². The van der Waals surface area contributed by atoms with Crippen LogP contribution in [0.1, 0.15) is 29.7 Å². The van der Waals surface area contributed by atoms with Gasteiger partial charge < -0.3 is 10.5 Å². The van der Waals surface area contributed by atoms with Crippen LogP contribution in [0.25, 0.3) is 0 Å². The Hall–Kier alpha value is -2.09. The van der Waals surface area contributed by atoms with Crippen molar-refractivity contribution in [2.75, 3.05) is 0 Å². The van der Waals surface area contributed by atoms with Crippen molar-refractivity contribution in [1.29, 1.82) is 5.26 Å². The van der Waals surface area contributed by atoms with E-state index in [9.17, 15) is 4.39 Å². The molecule has 2 rings (SSSR count). The van der Waals surface area contributed by atoms with Crippen LogP contribution in [0.5, 0.6) is 5.75 Å². The molecule has 0 amide bonds. The molecule has 0 spiro atoms. The molecule has 1 atom stereocenters. The Morgan fingerprint density at radius 1 is 1.33 bits per heavy atom. The molecule has 2 N–H and O–H groups in total. The Morgan fingerprint density at radius 3 is 2.67 bits per heavy atom. The van der Waals surface area contributed by atoms with Crippen LogP contribution < -0.4 is 10.5 Å². The van der Waals surface area contributed by atoms with Gasteiger partial charge in [0.15, 0.2) is 11.6 Å². The van der Waals surface area contributed by atoms with Crippen molar-refractivity contribution in [3.8, 4) is 11.8 Å². The molecule has 5 heteroatoms. The number of nitrogens with zero attached hydrogens (tertiary/aromatic N) is 1. The number of hydrogen-bond donors (Lipinski definition) is 1. The second-order valence-corrected chi connectivity index (χ2v) is 5.09. The second-order valence-electron chi connectivity index (χ2n) is 4.69. The van der Waals surface area contributed by atoms with E-state index >= 15 is 0 Å². The lowest BCUT2D eigenvalue weighted by Gasteiger charge is -2.11. The molecule has 0 unspecified atom stereocenters. The van der Waals surface area contributed by atoms with Crippen molar-refractivity contribution < 1.29 is 9.13 Å². The number of nitriles is 1. The summed E-state index contributed by atoms with van der Waals surface area (Å²) in [6.07, 6.45) is 0. The zero-order valence-electron chi connectivity index (χ0n) is 11.4. The zero-order chi connectivity index (χ0) is 15.4. The number of benzene rings is 2. The van der Waals surface area contributed by atoms with Crippen LogP contribution in [-0.2, 0) is 6.61 Å². The number of rotatable bonds is 4. The zero-order valence-corrected chi connectivity index (χ0v) is 12.2.